The number of para-hydroxylation sites is 1. The number of nitrogens with zero attached hydrogens (tertiary/aromatic N) is 3. The van der Waals surface area contributed by atoms with Crippen LogP contribution in [-0.4, -0.2) is 29.4 Å². The lowest BCUT2D eigenvalue weighted by molar-refractivity contribution is -0.763. The number of aromatic amines is 1. The van der Waals surface area contributed by atoms with Crippen LogP contribution >= 0.6 is 11.8 Å². The molecular weight excluding hydrogens is 376 g/mol. The van der Waals surface area contributed by atoms with Crippen LogP contribution in [0.15, 0.2) is 58.5 Å². The van der Waals surface area contributed by atoms with Crippen LogP contribution in [0.4, 0.5) is 5.69 Å². The maximum absolute atomic E-state index is 12.9. The van der Waals surface area contributed by atoms with Gasteiger partial charge in [-0.2, -0.15) is 0 Å². The Morgan fingerprint density at radius 3 is 2.57 bits per heavy atom. The summed E-state index contributed by atoms with van der Waals surface area (Å²) < 4.78 is 6.89. The predicted octanol–water partition coefficient (Wildman–Crippen LogP) is 2.37. The number of methoxy groups -OCH3 is 1. The quantitative estimate of drug-likeness (QED) is 0.544. The summed E-state index contributed by atoms with van der Waals surface area (Å²) in [5.41, 5.74) is 2.35. The number of nitrogens with one attached hydrogen (secondary N) is 1. The van der Waals surface area contributed by atoms with E-state index < -0.39 is 6.17 Å². The first kappa shape index (κ1) is 18.2. The van der Waals surface area contributed by atoms with E-state index in [4.69, 9.17) is 4.74 Å². The highest BCUT2D eigenvalue weighted by atomic mass is 32.2. The smallest absolute Gasteiger partial charge is 0.325 e. The SMILES string of the molecule is COc1ccc(C2N(C(C)=O)c3ccccc3-c3c(=O)[nH]c(SC)n[n+]32)cc1. The highest BCUT2D eigenvalue weighted by Crippen LogP contribution is 2.37. The molecule has 28 heavy (non-hydrogen) atoms. The molecule has 1 unspecified atom stereocenters. The van der Waals surface area contributed by atoms with Crippen LogP contribution in [0.5, 0.6) is 5.75 Å². The van der Waals surface area contributed by atoms with E-state index >= 15 is 0 Å². The summed E-state index contributed by atoms with van der Waals surface area (Å²) in [6.07, 6.45) is 1.26. The number of benzene rings is 2. The highest BCUT2D eigenvalue weighted by Gasteiger charge is 2.44. The van der Waals surface area contributed by atoms with Crippen molar-refractivity contribution in [2.24, 2.45) is 0 Å². The van der Waals surface area contributed by atoms with E-state index in [0.717, 1.165) is 5.56 Å². The molecular formula is C20H19N4O3S+. The van der Waals surface area contributed by atoms with E-state index in [1.807, 2.05) is 54.8 Å². The maximum Gasteiger partial charge on any atom is 0.325 e. The number of amides is 1. The molecule has 8 heteroatoms. The van der Waals surface area contributed by atoms with Crippen LogP contribution < -0.4 is 19.9 Å². The fourth-order valence-corrected chi connectivity index (χ4v) is 3.85. The number of carbonyl (C=O) groups is 1. The van der Waals surface area contributed by atoms with Gasteiger partial charge in [-0.15, -0.1) is 0 Å². The van der Waals surface area contributed by atoms with Gasteiger partial charge in [-0.1, -0.05) is 23.9 Å². The molecule has 1 aromatic heterocycles. The van der Waals surface area contributed by atoms with Gasteiger partial charge in [0, 0.05) is 17.6 Å². The van der Waals surface area contributed by atoms with Crippen LogP contribution in [-0.2, 0) is 4.79 Å². The van der Waals surface area contributed by atoms with Gasteiger partial charge in [0.2, 0.25) is 11.1 Å². The van der Waals surface area contributed by atoms with Gasteiger partial charge >= 0.3 is 11.3 Å². The van der Waals surface area contributed by atoms with Crippen LogP contribution in [0.1, 0.15) is 18.7 Å². The Morgan fingerprint density at radius 1 is 1.21 bits per heavy atom. The first-order valence-electron chi connectivity index (χ1n) is 8.68. The van der Waals surface area contributed by atoms with Gasteiger partial charge < -0.3 is 4.74 Å². The average molecular weight is 395 g/mol. The summed E-state index contributed by atoms with van der Waals surface area (Å²) in [4.78, 5) is 30.1. The third kappa shape index (κ3) is 2.86. The van der Waals surface area contributed by atoms with Crippen LogP contribution in [0, 0.1) is 0 Å². The summed E-state index contributed by atoms with van der Waals surface area (Å²) in [6, 6.07) is 14.8. The monoisotopic (exact) mass is 395 g/mol. The van der Waals surface area contributed by atoms with Crippen LogP contribution in [0.2, 0.25) is 0 Å². The van der Waals surface area contributed by atoms with E-state index in [0.29, 0.717) is 27.9 Å². The van der Waals surface area contributed by atoms with Crippen molar-refractivity contribution < 1.29 is 14.2 Å². The number of hydrogen-bond donors (Lipinski definition) is 1. The van der Waals surface area contributed by atoms with Gasteiger partial charge in [0.05, 0.1) is 18.4 Å². The maximum atomic E-state index is 12.9. The Balaban J connectivity index is 2.05. The molecule has 0 radical (unpaired) electrons. The molecule has 1 amide bonds. The molecule has 0 fully saturated rings. The van der Waals surface area contributed by atoms with E-state index in [1.165, 1.54) is 18.7 Å². The Kier molecular flexibility index (Phi) is 4.64. The van der Waals surface area contributed by atoms with E-state index in [2.05, 4.69) is 10.1 Å². The second-order valence-electron chi connectivity index (χ2n) is 6.31. The summed E-state index contributed by atoms with van der Waals surface area (Å²) in [6.45, 7) is 1.52. The number of ether oxygens (including phenoxy) is 1. The minimum Gasteiger partial charge on any atom is -0.497 e. The predicted molar refractivity (Wildman–Crippen MR) is 107 cm³/mol. The number of thioether (sulfide) groups is 1. The number of hydrogen-bond acceptors (Lipinski definition) is 5. The Morgan fingerprint density at radius 2 is 1.93 bits per heavy atom. The van der Waals surface area contributed by atoms with Gasteiger partial charge in [-0.05, 0) is 47.3 Å². The van der Waals surface area contributed by atoms with Crippen molar-refractivity contribution in [1.29, 1.82) is 0 Å². The zero-order chi connectivity index (χ0) is 19.8. The number of rotatable bonds is 3. The van der Waals surface area contributed by atoms with E-state index in [9.17, 15) is 9.59 Å². The molecule has 1 aliphatic rings. The molecule has 1 N–H and O–H groups in total. The molecule has 7 nitrogen and oxygen atoms in total. The second-order valence-corrected chi connectivity index (χ2v) is 7.10. The van der Waals surface area contributed by atoms with Crippen molar-refractivity contribution in [3.05, 3.63) is 64.4 Å². The molecule has 1 aliphatic heterocycles. The number of aromatic nitrogens is 3. The normalized spacial score (nSPS) is 15.0. The zero-order valence-corrected chi connectivity index (χ0v) is 16.5. The van der Waals surface area contributed by atoms with Crippen molar-refractivity contribution in [1.82, 2.24) is 10.1 Å². The summed E-state index contributed by atoms with van der Waals surface area (Å²) in [5.74, 6) is 0.572. The highest BCUT2D eigenvalue weighted by molar-refractivity contribution is 7.98. The minimum atomic E-state index is -0.582. The minimum absolute atomic E-state index is 0.140. The molecule has 3 aromatic rings. The van der Waals surface area contributed by atoms with Crippen molar-refractivity contribution >= 4 is 23.4 Å². The summed E-state index contributed by atoms with van der Waals surface area (Å²) >= 11 is 1.34. The Bertz CT molecular complexity index is 1110. The fourth-order valence-electron chi connectivity index (χ4n) is 3.48. The van der Waals surface area contributed by atoms with Crippen molar-refractivity contribution in [3.63, 3.8) is 0 Å². The number of carbonyl (C=O) groups excluding carboxylic acids is 1. The number of anilines is 1. The van der Waals surface area contributed by atoms with Gasteiger partial charge in [0.15, 0.2) is 0 Å². The fraction of sp³-hybridized carbons (Fsp3) is 0.200. The molecule has 0 aliphatic carbocycles. The van der Waals surface area contributed by atoms with Gasteiger partial charge in [-0.25, -0.2) is 4.90 Å². The van der Waals surface area contributed by atoms with Crippen LogP contribution in [0.25, 0.3) is 11.3 Å². The molecule has 0 spiro atoms. The van der Waals surface area contributed by atoms with Crippen molar-refractivity contribution in [2.75, 3.05) is 18.3 Å². The van der Waals surface area contributed by atoms with E-state index in [-0.39, 0.29) is 11.5 Å². The zero-order valence-electron chi connectivity index (χ0n) is 15.7. The standard InChI is InChI=1S/C20H18N4O3S/c1-12(25)23-16-7-5-4-6-15(16)17-18(26)21-20(28-3)22-24(17)19(23)13-8-10-14(27-2)11-9-13/h4-11,19H,1-3H3/p+1. The van der Waals surface area contributed by atoms with Gasteiger partial charge in [0.25, 0.3) is 6.17 Å². The average Bonchev–Trinajstić information content (AvgIpc) is 2.72. The largest absolute Gasteiger partial charge is 0.497 e. The molecule has 2 heterocycles. The lowest BCUT2D eigenvalue weighted by Crippen LogP contribution is -2.60. The molecule has 2 aromatic carbocycles. The lowest BCUT2D eigenvalue weighted by atomic mass is 10.0. The second kappa shape index (κ2) is 7.12. The van der Waals surface area contributed by atoms with Gasteiger partial charge in [0.1, 0.15) is 5.75 Å². The molecule has 142 valence electrons. The lowest BCUT2D eigenvalue weighted by Gasteiger charge is -2.31. The topological polar surface area (TPSA) is 79.2 Å². The summed E-state index contributed by atoms with van der Waals surface area (Å²) in [7, 11) is 1.60. The van der Waals surface area contributed by atoms with Crippen molar-refractivity contribution in [2.45, 2.75) is 18.2 Å². The third-order valence-electron chi connectivity index (χ3n) is 4.70. The summed E-state index contributed by atoms with van der Waals surface area (Å²) in [5, 5.41) is 5.11. The first-order chi connectivity index (χ1) is 13.5. The molecule has 1 atom stereocenters. The first-order valence-corrected chi connectivity index (χ1v) is 9.91. The molecule has 0 saturated heterocycles. The van der Waals surface area contributed by atoms with Gasteiger partial charge in [-0.3, -0.25) is 14.6 Å². The molecule has 4 rings (SSSR count). The molecule has 0 saturated carbocycles. The van der Waals surface area contributed by atoms with Crippen LogP contribution in [0.3, 0.4) is 0 Å². The number of H-pyrrole nitrogens is 1. The van der Waals surface area contributed by atoms with Crippen molar-refractivity contribution in [3.8, 4) is 17.0 Å². The third-order valence-corrected chi connectivity index (χ3v) is 5.28. The Hall–Kier alpha value is -3.13. The number of fused-ring (bicyclic) bond motifs is 3. The Labute approximate surface area is 166 Å². The molecule has 0 bridgehead atoms. The van der Waals surface area contributed by atoms with E-state index in [1.54, 1.807) is 16.7 Å².